The van der Waals surface area contributed by atoms with Crippen molar-refractivity contribution >= 4 is 22.5 Å². The Morgan fingerprint density at radius 1 is 1.18 bits per heavy atom. The first kappa shape index (κ1) is 19.1. The molecule has 0 N–H and O–H groups in total. The van der Waals surface area contributed by atoms with Crippen LogP contribution in [-0.2, 0) is 0 Å². The molecule has 28 heavy (non-hydrogen) atoms. The Morgan fingerprint density at radius 3 is 2.64 bits per heavy atom. The molecule has 148 valence electrons. The van der Waals surface area contributed by atoms with E-state index in [4.69, 9.17) is 30.5 Å². The Kier molecular flexibility index (Phi) is 5.47. The van der Waals surface area contributed by atoms with E-state index in [1.807, 2.05) is 37.3 Å². The number of aryl methyl sites for hydroxylation is 1. The van der Waals surface area contributed by atoms with Crippen LogP contribution in [0.3, 0.4) is 0 Å². The molecule has 0 radical (unpaired) electrons. The molecule has 4 rings (SSSR count). The Balaban J connectivity index is 1.64. The van der Waals surface area contributed by atoms with Crippen LogP contribution in [0.1, 0.15) is 18.6 Å². The van der Waals surface area contributed by atoms with E-state index in [9.17, 15) is 0 Å². The molecule has 3 heterocycles. The second kappa shape index (κ2) is 8.02. The largest absolute Gasteiger partial charge is 0.493 e. The molecule has 3 aromatic rings. The highest BCUT2D eigenvalue weighted by Gasteiger charge is 2.19. The van der Waals surface area contributed by atoms with Gasteiger partial charge in [0.25, 0.3) is 0 Å². The van der Waals surface area contributed by atoms with Crippen molar-refractivity contribution in [1.82, 2.24) is 9.88 Å². The first-order valence-corrected chi connectivity index (χ1v) is 9.97. The number of methoxy groups -OCH3 is 1. The average molecular weight is 401 g/mol. The number of fused-ring (bicyclic) bond motifs is 1. The fraction of sp³-hybridized carbons (Fsp3) is 0.409. The van der Waals surface area contributed by atoms with E-state index in [-0.39, 0.29) is 0 Å². The SMILES string of the molecule is COc1cc2c(Cl)cc(-c3ccc(C)o3)nc2cc1OCC1CCN(C)CC1. The second-order valence-electron chi connectivity index (χ2n) is 7.48. The topological polar surface area (TPSA) is 47.7 Å². The van der Waals surface area contributed by atoms with Gasteiger partial charge in [0.2, 0.25) is 0 Å². The maximum Gasteiger partial charge on any atom is 0.163 e. The Morgan fingerprint density at radius 2 is 1.96 bits per heavy atom. The highest BCUT2D eigenvalue weighted by molar-refractivity contribution is 6.35. The molecular formula is C22H25ClN2O3. The fourth-order valence-corrected chi connectivity index (χ4v) is 3.85. The lowest BCUT2D eigenvalue weighted by Gasteiger charge is -2.28. The molecule has 0 spiro atoms. The summed E-state index contributed by atoms with van der Waals surface area (Å²) >= 11 is 6.53. The number of hydrogen-bond donors (Lipinski definition) is 0. The van der Waals surface area contributed by atoms with E-state index < -0.39 is 0 Å². The fourth-order valence-electron chi connectivity index (χ4n) is 3.60. The average Bonchev–Trinajstić information content (AvgIpc) is 3.13. The summed E-state index contributed by atoms with van der Waals surface area (Å²) in [6.45, 7) is 4.82. The van der Waals surface area contributed by atoms with Crippen LogP contribution in [-0.4, -0.2) is 43.7 Å². The number of pyridine rings is 1. The van der Waals surface area contributed by atoms with Crippen LogP contribution in [0.4, 0.5) is 0 Å². The molecule has 5 nitrogen and oxygen atoms in total. The third-order valence-corrected chi connectivity index (χ3v) is 5.66. The Labute approximate surface area is 170 Å². The van der Waals surface area contributed by atoms with Crippen molar-refractivity contribution in [2.45, 2.75) is 19.8 Å². The molecule has 0 atom stereocenters. The lowest BCUT2D eigenvalue weighted by atomic mass is 9.98. The molecule has 2 aromatic heterocycles. The standard InChI is InChI=1S/C22H25ClN2O3/c1-14-4-5-20(28-14)19-11-17(23)16-10-21(26-3)22(12-18(16)24-19)27-13-15-6-8-25(2)9-7-15/h4-5,10-12,15H,6-9,13H2,1-3H3. The number of hydrogen-bond acceptors (Lipinski definition) is 5. The summed E-state index contributed by atoms with van der Waals surface area (Å²) in [4.78, 5) is 7.10. The van der Waals surface area contributed by atoms with Crippen molar-refractivity contribution in [2.75, 3.05) is 33.9 Å². The molecule has 0 bridgehead atoms. The minimum absolute atomic E-state index is 0.561. The predicted octanol–water partition coefficient (Wildman–Crippen LogP) is 5.19. The Hall–Kier alpha value is -2.24. The molecule has 0 aliphatic carbocycles. The van der Waals surface area contributed by atoms with Gasteiger partial charge in [0, 0.05) is 11.5 Å². The summed E-state index contributed by atoms with van der Waals surface area (Å²) in [5, 5.41) is 1.44. The van der Waals surface area contributed by atoms with E-state index >= 15 is 0 Å². The van der Waals surface area contributed by atoms with Crippen molar-refractivity contribution in [1.29, 1.82) is 0 Å². The smallest absolute Gasteiger partial charge is 0.163 e. The molecule has 6 heteroatoms. The van der Waals surface area contributed by atoms with Gasteiger partial charge in [-0.05, 0) is 70.1 Å². The number of furan rings is 1. The van der Waals surface area contributed by atoms with Crippen LogP contribution in [0.5, 0.6) is 11.5 Å². The number of likely N-dealkylation sites (tertiary alicyclic amines) is 1. The van der Waals surface area contributed by atoms with Crippen molar-refractivity contribution < 1.29 is 13.9 Å². The highest BCUT2D eigenvalue weighted by Crippen LogP contribution is 2.37. The first-order valence-electron chi connectivity index (χ1n) is 9.60. The maximum atomic E-state index is 6.53. The minimum atomic E-state index is 0.561. The third-order valence-electron chi connectivity index (χ3n) is 5.35. The number of benzene rings is 1. The minimum Gasteiger partial charge on any atom is -0.493 e. The van der Waals surface area contributed by atoms with Crippen molar-refractivity contribution in [2.24, 2.45) is 5.92 Å². The van der Waals surface area contributed by atoms with Gasteiger partial charge in [-0.2, -0.15) is 0 Å². The van der Waals surface area contributed by atoms with Crippen LogP contribution < -0.4 is 9.47 Å². The van der Waals surface area contributed by atoms with Crippen LogP contribution in [0.25, 0.3) is 22.4 Å². The van der Waals surface area contributed by atoms with Gasteiger partial charge in [0.05, 0.1) is 24.3 Å². The monoisotopic (exact) mass is 400 g/mol. The van der Waals surface area contributed by atoms with E-state index in [2.05, 4.69) is 11.9 Å². The van der Waals surface area contributed by atoms with Crippen LogP contribution in [0.15, 0.2) is 34.7 Å². The highest BCUT2D eigenvalue weighted by atomic mass is 35.5. The zero-order chi connectivity index (χ0) is 19.7. The lowest BCUT2D eigenvalue weighted by molar-refractivity contribution is 0.157. The summed E-state index contributed by atoms with van der Waals surface area (Å²) in [6, 6.07) is 9.45. The van der Waals surface area contributed by atoms with E-state index in [1.54, 1.807) is 7.11 Å². The number of ether oxygens (including phenoxy) is 2. The van der Waals surface area contributed by atoms with E-state index in [1.165, 1.54) is 0 Å². The summed E-state index contributed by atoms with van der Waals surface area (Å²) in [6.07, 6.45) is 2.30. The zero-order valence-electron chi connectivity index (χ0n) is 16.5. The van der Waals surface area contributed by atoms with Gasteiger partial charge in [0.1, 0.15) is 11.5 Å². The maximum absolute atomic E-state index is 6.53. The van der Waals surface area contributed by atoms with Gasteiger partial charge >= 0.3 is 0 Å². The number of rotatable bonds is 5. The molecule has 1 aromatic carbocycles. The van der Waals surface area contributed by atoms with Crippen LogP contribution in [0, 0.1) is 12.8 Å². The molecule has 1 fully saturated rings. The molecule has 0 unspecified atom stereocenters. The van der Waals surface area contributed by atoms with Gasteiger partial charge in [-0.15, -0.1) is 0 Å². The summed E-state index contributed by atoms with van der Waals surface area (Å²) in [5.74, 6) is 3.47. The van der Waals surface area contributed by atoms with Gasteiger partial charge in [-0.1, -0.05) is 11.6 Å². The van der Waals surface area contributed by atoms with Gasteiger partial charge in [0.15, 0.2) is 17.3 Å². The second-order valence-corrected chi connectivity index (χ2v) is 7.88. The number of piperidine rings is 1. The predicted molar refractivity (Wildman–Crippen MR) is 111 cm³/mol. The Bertz CT molecular complexity index is 977. The van der Waals surface area contributed by atoms with E-state index in [0.717, 1.165) is 42.6 Å². The summed E-state index contributed by atoms with van der Waals surface area (Å²) in [7, 11) is 3.81. The normalized spacial score (nSPS) is 15.9. The molecular weight excluding hydrogens is 376 g/mol. The van der Waals surface area contributed by atoms with Crippen LogP contribution in [0.2, 0.25) is 5.02 Å². The van der Waals surface area contributed by atoms with Gasteiger partial charge < -0.3 is 18.8 Å². The van der Waals surface area contributed by atoms with Gasteiger partial charge in [-0.3, -0.25) is 0 Å². The number of nitrogens with zero attached hydrogens (tertiary/aromatic N) is 2. The zero-order valence-corrected chi connectivity index (χ0v) is 17.3. The van der Waals surface area contributed by atoms with Crippen molar-refractivity contribution in [3.8, 4) is 23.0 Å². The lowest BCUT2D eigenvalue weighted by Crippen LogP contribution is -2.32. The quantitative estimate of drug-likeness (QED) is 0.590. The number of aromatic nitrogens is 1. The summed E-state index contributed by atoms with van der Waals surface area (Å²) in [5.41, 5.74) is 1.47. The van der Waals surface area contributed by atoms with E-state index in [0.29, 0.717) is 40.5 Å². The van der Waals surface area contributed by atoms with Crippen molar-refractivity contribution in [3.05, 3.63) is 41.1 Å². The molecule has 1 saturated heterocycles. The molecule has 1 aliphatic heterocycles. The summed E-state index contributed by atoms with van der Waals surface area (Å²) < 4.78 is 17.4. The first-order chi connectivity index (χ1) is 13.5. The molecule has 0 amide bonds. The molecule has 1 aliphatic rings. The van der Waals surface area contributed by atoms with Gasteiger partial charge in [-0.25, -0.2) is 4.98 Å². The van der Waals surface area contributed by atoms with Crippen molar-refractivity contribution in [3.63, 3.8) is 0 Å². The van der Waals surface area contributed by atoms with Crippen LogP contribution >= 0.6 is 11.6 Å². The third kappa shape index (κ3) is 3.96. The number of halogens is 1. The molecule has 0 saturated carbocycles.